The van der Waals surface area contributed by atoms with Crippen molar-refractivity contribution in [1.82, 2.24) is 0 Å². The van der Waals surface area contributed by atoms with E-state index >= 15 is 0 Å². The number of methoxy groups -OCH3 is 1. The maximum atomic E-state index is 5.79. The second-order valence-corrected chi connectivity index (χ2v) is 5.47. The zero-order valence-electron chi connectivity index (χ0n) is 13.7. The molecule has 0 amide bonds. The van der Waals surface area contributed by atoms with Gasteiger partial charge in [0.15, 0.2) is 11.5 Å². The summed E-state index contributed by atoms with van der Waals surface area (Å²) in [5.74, 6) is 2.06. The summed E-state index contributed by atoms with van der Waals surface area (Å²) in [6.07, 6.45) is 2.62. The summed E-state index contributed by atoms with van der Waals surface area (Å²) < 4.78 is 16.8. The second kappa shape index (κ2) is 8.93. The molecule has 0 radical (unpaired) electrons. The number of ether oxygens (including phenoxy) is 3. The molecule has 0 heterocycles. The maximum absolute atomic E-state index is 5.79. The van der Waals surface area contributed by atoms with Crippen LogP contribution in [0.25, 0.3) is 0 Å². The minimum absolute atomic E-state index is 0.321. The van der Waals surface area contributed by atoms with Gasteiger partial charge in [0, 0.05) is 5.56 Å². The molecule has 0 saturated heterocycles. The number of hydrogen-bond donors (Lipinski definition) is 1. The lowest BCUT2D eigenvalue weighted by Gasteiger charge is -2.13. The van der Waals surface area contributed by atoms with Crippen LogP contribution in [0.2, 0.25) is 0 Å². The van der Waals surface area contributed by atoms with E-state index in [0.717, 1.165) is 23.3 Å². The molecule has 0 aliphatic heterocycles. The molecule has 126 valence electrons. The molecule has 5 heteroatoms. The molecule has 2 N–H and O–H groups in total. The Morgan fingerprint density at radius 2 is 1.79 bits per heavy atom. The van der Waals surface area contributed by atoms with Crippen LogP contribution < -0.4 is 19.9 Å². The molecule has 0 aromatic heterocycles. The van der Waals surface area contributed by atoms with Crippen molar-refractivity contribution < 1.29 is 14.2 Å². The molecule has 0 aliphatic rings. The molecular weight excluding hydrogens is 322 g/mol. The molecule has 2 aromatic carbocycles. The van der Waals surface area contributed by atoms with Crippen molar-refractivity contribution in [2.75, 3.05) is 20.3 Å². The number of allylic oxidation sites excluding steroid dienone is 1. The highest BCUT2D eigenvalue weighted by Crippen LogP contribution is 2.28. The summed E-state index contributed by atoms with van der Waals surface area (Å²) in [5, 5.41) is 0. The van der Waals surface area contributed by atoms with Crippen LogP contribution in [0.1, 0.15) is 11.1 Å². The quantitative estimate of drug-likeness (QED) is 0.429. The third-order valence-corrected chi connectivity index (χ3v) is 3.62. The predicted molar refractivity (Wildman–Crippen MR) is 100 cm³/mol. The highest BCUT2D eigenvalue weighted by Gasteiger charge is 2.08. The van der Waals surface area contributed by atoms with Gasteiger partial charge in [-0.1, -0.05) is 36.5 Å². The zero-order chi connectivity index (χ0) is 17.4. The molecule has 0 saturated carbocycles. The summed E-state index contributed by atoms with van der Waals surface area (Å²) in [4.78, 5) is 0.321. The fraction of sp³-hybridized carbons (Fsp3) is 0.211. The third-order valence-electron chi connectivity index (χ3n) is 3.38. The molecule has 0 aliphatic carbocycles. The number of hydrogen-bond acceptors (Lipinski definition) is 4. The Bertz CT molecular complexity index is 716. The fourth-order valence-electron chi connectivity index (χ4n) is 2.21. The summed E-state index contributed by atoms with van der Waals surface area (Å²) >= 11 is 4.96. The van der Waals surface area contributed by atoms with Crippen molar-refractivity contribution in [3.63, 3.8) is 0 Å². The number of benzene rings is 2. The van der Waals surface area contributed by atoms with Crippen molar-refractivity contribution in [2.24, 2.45) is 5.73 Å². The van der Waals surface area contributed by atoms with Crippen LogP contribution in [0, 0.1) is 0 Å². The van der Waals surface area contributed by atoms with Gasteiger partial charge in [-0.2, -0.15) is 0 Å². The molecule has 0 spiro atoms. The first-order chi connectivity index (χ1) is 11.7. The van der Waals surface area contributed by atoms with Crippen LogP contribution in [0.5, 0.6) is 17.2 Å². The van der Waals surface area contributed by atoms with Crippen molar-refractivity contribution >= 4 is 17.2 Å². The highest BCUT2D eigenvalue weighted by molar-refractivity contribution is 7.80. The fourth-order valence-corrected chi connectivity index (χ4v) is 2.34. The molecule has 24 heavy (non-hydrogen) atoms. The first-order valence-electron chi connectivity index (χ1n) is 7.58. The smallest absolute Gasteiger partial charge is 0.161 e. The van der Waals surface area contributed by atoms with E-state index in [4.69, 9.17) is 32.2 Å². The van der Waals surface area contributed by atoms with Crippen LogP contribution in [0.15, 0.2) is 55.1 Å². The molecule has 0 unspecified atom stereocenters. The van der Waals surface area contributed by atoms with Gasteiger partial charge < -0.3 is 19.9 Å². The van der Waals surface area contributed by atoms with Crippen molar-refractivity contribution in [1.29, 1.82) is 0 Å². The van der Waals surface area contributed by atoms with Crippen LogP contribution >= 0.6 is 12.2 Å². The first-order valence-corrected chi connectivity index (χ1v) is 7.98. The van der Waals surface area contributed by atoms with E-state index in [1.54, 1.807) is 25.3 Å². The van der Waals surface area contributed by atoms with Gasteiger partial charge in [0.2, 0.25) is 0 Å². The highest BCUT2D eigenvalue weighted by atomic mass is 32.1. The molecule has 4 nitrogen and oxygen atoms in total. The van der Waals surface area contributed by atoms with E-state index in [1.165, 1.54) is 0 Å². The molecule has 0 atom stereocenters. The minimum atomic E-state index is 0.321. The van der Waals surface area contributed by atoms with E-state index in [1.807, 2.05) is 30.3 Å². The van der Waals surface area contributed by atoms with Gasteiger partial charge in [-0.25, -0.2) is 0 Å². The lowest BCUT2D eigenvalue weighted by atomic mass is 10.1. The molecule has 2 rings (SSSR count). The Balaban J connectivity index is 1.93. The number of rotatable bonds is 9. The predicted octanol–water partition coefficient (Wildman–Crippen LogP) is 3.52. The Hall–Kier alpha value is -2.53. The first kappa shape index (κ1) is 17.8. The number of para-hydroxylation sites is 1. The summed E-state index contributed by atoms with van der Waals surface area (Å²) in [7, 11) is 1.58. The van der Waals surface area contributed by atoms with E-state index in [0.29, 0.717) is 29.7 Å². The maximum Gasteiger partial charge on any atom is 0.161 e. The Morgan fingerprint density at radius 1 is 1.08 bits per heavy atom. The average Bonchev–Trinajstić information content (AvgIpc) is 2.60. The second-order valence-electron chi connectivity index (χ2n) is 5.03. The van der Waals surface area contributed by atoms with Crippen LogP contribution in [0.4, 0.5) is 0 Å². The average molecular weight is 343 g/mol. The van der Waals surface area contributed by atoms with Gasteiger partial charge in [-0.3, -0.25) is 0 Å². The minimum Gasteiger partial charge on any atom is -0.493 e. The lowest BCUT2D eigenvalue weighted by Crippen LogP contribution is -2.12. The Labute approximate surface area is 147 Å². The summed E-state index contributed by atoms with van der Waals surface area (Å²) in [6.45, 7) is 4.58. The van der Waals surface area contributed by atoms with Gasteiger partial charge in [0.1, 0.15) is 24.0 Å². The van der Waals surface area contributed by atoms with Gasteiger partial charge in [0.25, 0.3) is 0 Å². The van der Waals surface area contributed by atoms with Gasteiger partial charge >= 0.3 is 0 Å². The largest absolute Gasteiger partial charge is 0.493 e. The number of nitrogens with two attached hydrogens (primary N) is 1. The Kier molecular flexibility index (Phi) is 6.63. The van der Waals surface area contributed by atoms with Crippen molar-refractivity contribution in [3.8, 4) is 17.2 Å². The number of thiocarbonyl (C=S) groups is 1. The van der Waals surface area contributed by atoms with Gasteiger partial charge in [0.05, 0.1) is 7.11 Å². The van der Waals surface area contributed by atoms with E-state index < -0.39 is 0 Å². The summed E-state index contributed by atoms with van der Waals surface area (Å²) in [6, 6.07) is 13.2. The zero-order valence-corrected chi connectivity index (χ0v) is 14.5. The standard InChI is InChI=1S/C19H21NO3S/c1-3-6-14-7-4-5-8-16(14)22-11-12-23-17-10-9-15(19(20)24)13-18(17)21-2/h3-5,7-10,13H,1,6,11-12H2,2H3,(H2,20,24). The van der Waals surface area contributed by atoms with Crippen LogP contribution in [0.3, 0.4) is 0 Å². The van der Waals surface area contributed by atoms with Gasteiger partial charge in [-0.05, 0) is 36.2 Å². The van der Waals surface area contributed by atoms with E-state index in [2.05, 4.69) is 6.58 Å². The molecule has 0 bridgehead atoms. The third kappa shape index (κ3) is 4.73. The SMILES string of the molecule is C=CCc1ccccc1OCCOc1ccc(C(N)=S)cc1OC. The topological polar surface area (TPSA) is 53.7 Å². The van der Waals surface area contributed by atoms with Crippen molar-refractivity contribution in [2.45, 2.75) is 6.42 Å². The normalized spacial score (nSPS) is 10.0. The van der Waals surface area contributed by atoms with E-state index in [-0.39, 0.29) is 0 Å². The van der Waals surface area contributed by atoms with Gasteiger partial charge in [-0.15, -0.1) is 6.58 Å². The lowest BCUT2D eigenvalue weighted by molar-refractivity contribution is 0.210. The van der Waals surface area contributed by atoms with Crippen LogP contribution in [-0.4, -0.2) is 25.3 Å². The monoisotopic (exact) mass is 343 g/mol. The summed E-state index contributed by atoms with van der Waals surface area (Å²) in [5.41, 5.74) is 7.46. The molecule has 2 aromatic rings. The molecule has 0 fully saturated rings. The van der Waals surface area contributed by atoms with E-state index in [9.17, 15) is 0 Å². The van der Waals surface area contributed by atoms with Crippen molar-refractivity contribution in [3.05, 3.63) is 66.2 Å². The Morgan fingerprint density at radius 3 is 2.46 bits per heavy atom. The van der Waals surface area contributed by atoms with Crippen LogP contribution in [-0.2, 0) is 6.42 Å². The molecular formula is C19H21NO3S.